The lowest BCUT2D eigenvalue weighted by molar-refractivity contribution is 0.0277. The van der Waals surface area contributed by atoms with Crippen molar-refractivity contribution in [1.82, 2.24) is 15.1 Å². The van der Waals surface area contributed by atoms with Gasteiger partial charge >= 0.3 is 0 Å². The lowest BCUT2D eigenvalue weighted by Gasteiger charge is -2.24. The van der Waals surface area contributed by atoms with Crippen LogP contribution in [0.15, 0.2) is 60.8 Å². The molecule has 1 aliphatic heterocycles. The molecular formula is C19H18FN3O. The zero-order chi connectivity index (χ0) is 16.4. The van der Waals surface area contributed by atoms with Gasteiger partial charge in [0.15, 0.2) is 0 Å². The van der Waals surface area contributed by atoms with Gasteiger partial charge in [-0.3, -0.25) is 0 Å². The molecule has 1 fully saturated rings. The van der Waals surface area contributed by atoms with Crippen molar-refractivity contribution >= 4 is 0 Å². The second-order valence-corrected chi connectivity index (χ2v) is 5.81. The van der Waals surface area contributed by atoms with Crippen LogP contribution in [0.1, 0.15) is 11.7 Å². The van der Waals surface area contributed by atoms with Crippen LogP contribution in [0.3, 0.4) is 0 Å². The Morgan fingerprint density at radius 1 is 1.04 bits per heavy atom. The molecule has 1 atom stereocenters. The second-order valence-electron chi connectivity index (χ2n) is 5.81. The summed E-state index contributed by atoms with van der Waals surface area (Å²) in [7, 11) is 0. The summed E-state index contributed by atoms with van der Waals surface area (Å²) in [5, 5.41) is 7.91. The average molecular weight is 323 g/mol. The second kappa shape index (κ2) is 6.55. The highest BCUT2D eigenvalue weighted by molar-refractivity contribution is 5.58. The number of rotatable bonds is 3. The monoisotopic (exact) mass is 323 g/mol. The number of hydrogen-bond donors (Lipinski definition) is 1. The zero-order valence-electron chi connectivity index (χ0n) is 13.2. The van der Waals surface area contributed by atoms with E-state index in [-0.39, 0.29) is 11.9 Å². The summed E-state index contributed by atoms with van der Waals surface area (Å²) in [6.07, 6.45) is 2.02. The molecule has 0 amide bonds. The molecule has 1 unspecified atom stereocenters. The summed E-state index contributed by atoms with van der Waals surface area (Å²) in [6.45, 7) is 2.50. The van der Waals surface area contributed by atoms with Gasteiger partial charge in [-0.25, -0.2) is 9.07 Å². The topological polar surface area (TPSA) is 39.1 Å². The lowest BCUT2D eigenvalue weighted by Crippen LogP contribution is -2.33. The Labute approximate surface area is 139 Å². The van der Waals surface area contributed by atoms with Gasteiger partial charge in [0.25, 0.3) is 0 Å². The fourth-order valence-corrected chi connectivity index (χ4v) is 2.86. The molecule has 1 aliphatic rings. The maximum absolute atomic E-state index is 13.0. The van der Waals surface area contributed by atoms with Crippen LogP contribution in [-0.4, -0.2) is 29.5 Å². The molecule has 0 radical (unpaired) electrons. The van der Waals surface area contributed by atoms with Gasteiger partial charge < -0.3 is 10.1 Å². The van der Waals surface area contributed by atoms with Crippen molar-refractivity contribution in [2.45, 2.75) is 6.10 Å². The minimum Gasteiger partial charge on any atom is -0.371 e. The van der Waals surface area contributed by atoms with Crippen LogP contribution in [-0.2, 0) is 4.74 Å². The highest BCUT2D eigenvalue weighted by Crippen LogP contribution is 2.22. The Morgan fingerprint density at radius 2 is 1.83 bits per heavy atom. The molecule has 2 heterocycles. The molecule has 122 valence electrons. The minimum atomic E-state index is -0.242. The van der Waals surface area contributed by atoms with Crippen molar-refractivity contribution in [3.8, 4) is 16.9 Å². The predicted octanol–water partition coefficient (Wildman–Crippen LogP) is 3.34. The number of hydrogen-bond acceptors (Lipinski definition) is 3. The van der Waals surface area contributed by atoms with Crippen LogP contribution in [0.25, 0.3) is 16.9 Å². The van der Waals surface area contributed by atoms with E-state index in [4.69, 9.17) is 4.74 Å². The predicted molar refractivity (Wildman–Crippen MR) is 90.5 cm³/mol. The Bertz CT molecular complexity index is 805. The van der Waals surface area contributed by atoms with Crippen LogP contribution < -0.4 is 5.32 Å². The van der Waals surface area contributed by atoms with Crippen LogP contribution in [0, 0.1) is 5.82 Å². The number of ether oxygens (including phenoxy) is 1. The molecule has 4 rings (SSSR count). The standard InChI is InChI=1S/C19H18FN3O/c20-16-5-1-14(2-6-16)18-9-11-23(22-18)17-7-3-15(4-8-17)19-13-21-10-12-24-19/h1-9,11,19,21H,10,12-13H2. The first-order valence-electron chi connectivity index (χ1n) is 8.04. The highest BCUT2D eigenvalue weighted by Gasteiger charge is 2.15. The molecule has 4 nitrogen and oxygen atoms in total. The quantitative estimate of drug-likeness (QED) is 0.803. The van der Waals surface area contributed by atoms with Gasteiger partial charge in [-0.05, 0) is 48.0 Å². The fourth-order valence-electron chi connectivity index (χ4n) is 2.86. The smallest absolute Gasteiger partial charge is 0.123 e. The molecule has 0 saturated carbocycles. The molecule has 1 aromatic heterocycles. The first kappa shape index (κ1) is 15.1. The molecule has 3 aromatic rings. The SMILES string of the molecule is Fc1ccc(-c2ccn(-c3ccc(C4CNCCO4)cc3)n2)cc1. The third-order valence-electron chi connectivity index (χ3n) is 4.19. The molecule has 1 N–H and O–H groups in total. The third kappa shape index (κ3) is 3.09. The van der Waals surface area contributed by atoms with E-state index < -0.39 is 0 Å². The summed E-state index contributed by atoms with van der Waals surface area (Å²) in [4.78, 5) is 0. The number of nitrogens with one attached hydrogen (secondary N) is 1. The van der Waals surface area contributed by atoms with Gasteiger partial charge in [0, 0.05) is 24.8 Å². The normalized spacial score (nSPS) is 17.8. The van der Waals surface area contributed by atoms with Crippen molar-refractivity contribution in [3.63, 3.8) is 0 Å². The molecule has 2 aromatic carbocycles. The number of nitrogens with zero attached hydrogens (tertiary/aromatic N) is 2. The number of morpholine rings is 1. The zero-order valence-corrected chi connectivity index (χ0v) is 13.2. The minimum absolute atomic E-state index is 0.111. The van der Waals surface area contributed by atoms with Gasteiger partial charge in [0.1, 0.15) is 5.82 Å². The Balaban J connectivity index is 1.54. The maximum Gasteiger partial charge on any atom is 0.123 e. The average Bonchev–Trinajstić information content (AvgIpc) is 3.13. The van der Waals surface area contributed by atoms with Crippen molar-refractivity contribution in [3.05, 3.63) is 72.2 Å². The fraction of sp³-hybridized carbons (Fsp3) is 0.211. The van der Waals surface area contributed by atoms with E-state index in [1.165, 1.54) is 12.1 Å². The van der Waals surface area contributed by atoms with E-state index >= 15 is 0 Å². The van der Waals surface area contributed by atoms with Crippen molar-refractivity contribution in [1.29, 1.82) is 0 Å². The molecule has 24 heavy (non-hydrogen) atoms. The molecule has 5 heteroatoms. The van der Waals surface area contributed by atoms with Gasteiger partial charge in [0.2, 0.25) is 0 Å². The van der Waals surface area contributed by atoms with Crippen molar-refractivity contribution in [2.24, 2.45) is 0 Å². The van der Waals surface area contributed by atoms with Crippen molar-refractivity contribution in [2.75, 3.05) is 19.7 Å². The van der Waals surface area contributed by atoms with E-state index in [0.29, 0.717) is 0 Å². The van der Waals surface area contributed by atoms with E-state index in [1.54, 1.807) is 12.1 Å². The Hall–Kier alpha value is -2.50. The highest BCUT2D eigenvalue weighted by atomic mass is 19.1. The first-order valence-corrected chi connectivity index (χ1v) is 8.04. The van der Waals surface area contributed by atoms with Gasteiger partial charge in [0.05, 0.1) is 24.1 Å². The van der Waals surface area contributed by atoms with Gasteiger partial charge in [-0.1, -0.05) is 12.1 Å². The summed E-state index contributed by atoms with van der Waals surface area (Å²) in [6, 6.07) is 16.5. The largest absolute Gasteiger partial charge is 0.371 e. The lowest BCUT2D eigenvalue weighted by atomic mass is 10.1. The number of halogens is 1. The summed E-state index contributed by atoms with van der Waals surface area (Å²) < 4.78 is 20.6. The first-order chi connectivity index (χ1) is 11.8. The van der Waals surface area contributed by atoms with Gasteiger partial charge in [-0.2, -0.15) is 5.10 Å². The molecule has 0 aliphatic carbocycles. The number of benzene rings is 2. The van der Waals surface area contributed by atoms with Gasteiger partial charge in [-0.15, -0.1) is 0 Å². The van der Waals surface area contributed by atoms with Crippen LogP contribution in [0.4, 0.5) is 4.39 Å². The third-order valence-corrected chi connectivity index (χ3v) is 4.19. The molecule has 0 bridgehead atoms. The summed E-state index contributed by atoms with van der Waals surface area (Å²) >= 11 is 0. The molecular weight excluding hydrogens is 305 g/mol. The van der Waals surface area contributed by atoms with Crippen molar-refractivity contribution < 1.29 is 9.13 Å². The molecule has 1 saturated heterocycles. The van der Waals surface area contributed by atoms with E-state index in [9.17, 15) is 4.39 Å². The van der Waals surface area contributed by atoms with Crippen LogP contribution in [0.2, 0.25) is 0 Å². The van der Waals surface area contributed by atoms with E-state index in [2.05, 4.69) is 22.5 Å². The van der Waals surface area contributed by atoms with E-state index in [0.717, 1.165) is 42.2 Å². The summed E-state index contributed by atoms with van der Waals surface area (Å²) in [5.41, 5.74) is 3.86. The van der Waals surface area contributed by atoms with Crippen LogP contribution >= 0.6 is 0 Å². The Kier molecular flexibility index (Phi) is 4.11. The molecule has 0 spiro atoms. The summed E-state index contributed by atoms with van der Waals surface area (Å²) in [5.74, 6) is -0.242. The number of aromatic nitrogens is 2. The Morgan fingerprint density at radius 3 is 2.54 bits per heavy atom. The maximum atomic E-state index is 13.0. The van der Waals surface area contributed by atoms with Crippen LogP contribution in [0.5, 0.6) is 0 Å². The van der Waals surface area contributed by atoms with E-state index in [1.807, 2.05) is 29.1 Å².